The first-order chi connectivity index (χ1) is 13.2. The first kappa shape index (κ1) is 17.5. The topological polar surface area (TPSA) is 75.4 Å². The molecule has 1 saturated heterocycles. The molecular formula is C20H24N6O. The second-order valence-corrected chi connectivity index (χ2v) is 6.94. The molecule has 0 unspecified atom stereocenters. The van der Waals surface area contributed by atoms with E-state index in [1.54, 1.807) is 4.52 Å². The molecule has 1 aliphatic rings. The Morgan fingerprint density at radius 1 is 1.22 bits per heavy atom. The third kappa shape index (κ3) is 3.77. The molecule has 0 spiro atoms. The number of anilines is 1. The van der Waals surface area contributed by atoms with Crippen LogP contribution in [0, 0.1) is 5.92 Å². The van der Waals surface area contributed by atoms with Crippen molar-refractivity contribution in [3.8, 4) is 0 Å². The smallest absolute Gasteiger partial charge is 0.254 e. The number of piperidine rings is 1. The number of carbonyl (C=O) groups excluding carboxylic acids is 1. The molecule has 3 heterocycles. The van der Waals surface area contributed by atoms with E-state index in [0.29, 0.717) is 11.7 Å². The first-order valence-electron chi connectivity index (χ1n) is 9.52. The summed E-state index contributed by atoms with van der Waals surface area (Å²) in [5.41, 5.74) is 1.77. The van der Waals surface area contributed by atoms with Gasteiger partial charge in [-0.25, -0.2) is 4.98 Å². The number of aromatic nitrogens is 4. The van der Waals surface area contributed by atoms with Gasteiger partial charge in [0.25, 0.3) is 11.7 Å². The van der Waals surface area contributed by atoms with E-state index < -0.39 is 0 Å². The van der Waals surface area contributed by atoms with Crippen LogP contribution in [-0.2, 0) is 6.42 Å². The first-order valence-corrected chi connectivity index (χ1v) is 9.52. The van der Waals surface area contributed by atoms with Crippen LogP contribution in [0.15, 0.2) is 42.7 Å². The predicted octanol–water partition coefficient (Wildman–Crippen LogP) is 2.65. The molecule has 27 heavy (non-hydrogen) atoms. The van der Waals surface area contributed by atoms with Gasteiger partial charge in [0, 0.05) is 37.0 Å². The van der Waals surface area contributed by atoms with Crippen molar-refractivity contribution in [3.63, 3.8) is 0 Å². The SMILES string of the molecule is CCc1cc(NCC2CCN(C(=O)c3ccccc3)CC2)n2ncnc2n1. The Hall–Kier alpha value is -2.96. The van der Waals surface area contributed by atoms with Gasteiger partial charge in [0.2, 0.25) is 0 Å². The summed E-state index contributed by atoms with van der Waals surface area (Å²) in [5, 5.41) is 7.77. The molecule has 3 aromatic rings. The van der Waals surface area contributed by atoms with Crippen molar-refractivity contribution in [2.75, 3.05) is 25.0 Å². The summed E-state index contributed by atoms with van der Waals surface area (Å²) in [6.07, 6.45) is 4.38. The standard InChI is InChI=1S/C20H24N6O/c1-2-17-12-18(26-20(24-17)22-14-23-26)21-13-15-8-10-25(11-9-15)19(27)16-6-4-3-5-7-16/h3-7,12,14-15,21H,2,8-11,13H2,1H3. The van der Waals surface area contributed by atoms with Crippen LogP contribution in [0.5, 0.6) is 0 Å². The lowest BCUT2D eigenvalue weighted by atomic mass is 9.96. The van der Waals surface area contributed by atoms with Gasteiger partial charge >= 0.3 is 0 Å². The fourth-order valence-electron chi connectivity index (χ4n) is 3.52. The fourth-order valence-corrected chi connectivity index (χ4v) is 3.52. The maximum Gasteiger partial charge on any atom is 0.254 e. The van der Waals surface area contributed by atoms with Gasteiger partial charge in [0.05, 0.1) is 0 Å². The molecule has 140 valence electrons. The highest BCUT2D eigenvalue weighted by Crippen LogP contribution is 2.20. The Kier molecular flexibility index (Phi) is 5.00. The maximum atomic E-state index is 12.6. The summed E-state index contributed by atoms with van der Waals surface area (Å²) in [6, 6.07) is 11.6. The minimum Gasteiger partial charge on any atom is -0.370 e. The van der Waals surface area contributed by atoms with E-state index in [9.17, 15) is 4.79 Å². The Morgan fingerprint density at radius 3 is 2.74 bits per heavy atom. The average molecular weight is 364 g/mol. The van der Waals surface area contributed by atoms with Gasteiger partial charge < -0.3 is 10.2 Å². The van der Waals surface area contributed by atoms with Crippen molar-refractivity contribution in [3.05, 3.63) is 54.0 Å². The van der Waals surface area contributed by atoms with Crippen LogP contribution in [0.25, 0.3) is 5.78 Å². The van der Waals surface area contributed by atoms with Crippen LogP contribution in [-0.4, -0.2) is 50.0 Å². The van der Waals surface area contributed by atoms with E-state index in [2.05, 4.69) is 27.3 Å². The monoisotopic (exact) mass is 364 g/mol. The van der Waals surface area contributed by atoms with Crippen LogP contribution in [0.3, 0.4) is 0 Å². The van der Waals surface area contributed by atoms with E-state index >= 15 is 0 Å². The molecule has 1 amide bonds. The molecule has 1 aliphatic heterocycles. The van der Waals surface area contributed by atoms with E-state index in [4.69, 9.17) is 0 Å². The van der Waals surface area contributed by atoms with E-state index in [1.807, 2.05) is 41.3 Å². The van der Waals surface area contributed by atoms with Gasteiger partial charge in [-0.1, -0.05) is 25.1 Å². The number of hydrogen-bond donors (Lipinski definition) is 1. The number of benzene rings is 1. The summed E-state index contributed by atoms with van der Waals surface area (Å²) in [6.45, 7) is 4.54. The van der Waals surface area contributed by atoms with Gasteiger partial charge in [-0.05, 0) is 37.3 Å². The van der Waals surface area contributed by atoms with Crippen molar-refractivity contribution in [1.29, 1.82) is 0 Å². The van der Waals surface area contributed by atoms with Crippen molar-refractivity contribution < 1.29 is 4.79 Å². The molecule has 0 atom stereocenters. The third-order valence-corrected chi connectivity index (χ3v) is 5.16. The number of fused-ring (bicyclic) bond motifs is 1. The number of nitrogens with zero attached hydrogens (tertiary/aromatic N) is 5. The lowest BCUT2D eigenvalue weighted by molar-refractivity contribution is 0.0695. The summed E-state index contributed by atoms with van der Waals surface area (Å²) < 4.78 is 1.74. The van der Waals surface area contributed by atoms with Gasteiger partial charge in [0.1, 0.15) is 12.1 Å². The van der Waals surface area contributed by atoms with E-state index in [0.717, 1.165) is 56.0 Å². The molecule has 0 radical (unpaired) electrons. The zero-order valence-corrected chi connectivity index (χ0v) is 15.5. The van der Waals surface area contributed by atoms with Crippen LogP contribution < -0.4 is 5.32 Å². The van der Waals surface area contributed by atoms with Crippen LogP contribution in [0.4, 0.5) is 5.82 Å². The van der Waals surface area contributed by atoms with E-state index in [-0.39, 0.29) is 5.91 Å². The molecule has 0 bridgehead atoms. The molecule has 1 fully saturated rings. The lowest BCUT2D eigenvalue weighted by Crippen LogP contribution is -2.40. The lowest BCUT2D eigenvalue weighted by Gasteiger charge is -2.32. The summed E-state index contributed by atoms with van der Waals surface area (Å²) >= 11 is 0. The number of hydrogen-bond acceptors (Lipinski definition) is 5. The Balaban J connectivity index is 1.35. The molecule has 1 aromatic carbocycles. The van der Waals surface area contributed by atoms with Crippen molar-refractivity contribution >= 4 is 17.5 Å². The molecule has 4 rings (SSSR count). The predicted molar refractivity (Wildman–Crippen MR) is 104 cm³/mol. The normalized spacial score (nSPS) is 15.2. The number of amides is 1. The molecule has 0 saturated carbocycles. The molecular weight excluding hydrogens is 340 g/mol. The second kappa shape index (κ2) is 7.73. The highest BCUT2D eigenvalue weighted by atomic mass is 16.2. The molecule has 2 aromatic heterocycles. The molecule has 7 heteroatoms. The van der Waals surface area contributed by atoms with Gasteiger partial charge in [-0.2, -0.15) is 14.6 Å². The number of aryl methyl sites for hydroxylation is 1. The quantitative estimate of drug-likeness (QED) is 0.753. The molecule has 7 nitrogen and oxygen atoms in total. The Morgan fingerprint density at radius 2 is 2.00 bits per heavy atom. The molecule has 0 aliphatic carbocycles. The Labute approximate surface area is 158 Å². The van der Waals surface area contributed by atoms with Gasteiger partial charge in [0.15, 0.2) is 0 Å². The fraction of sp³-hybridized carbons (Fsp3) is 0.400. The van der Waals surface area contributed by atoms with Crippen molar-refractivity contribution in [1.82, 2.24) is 24.5 Å². The minimum atomic E-state index is 0.132. The number of nitrogens with one attached hydrogen (secondary N) is 1. The third-order valence-electron chi connectivity index (χ3n) is 5.16. The average Bonchev–Trinajstić information content (AvgIpc) is 3.21. The zero-order valence-electron chi connectivity index (χ0n) is 15.5. The minimum absolute atomic E-state index is 0.132. The van der Waals surface area contributed by atoms with E-state index in [1.165, 1.54) is 6.33 Å². The van der Waals surface area contributed by atoms with Gasteiger partial charge in [-0.3, -0.25) is 4.79 Å². The van der Waals surface area contributed by atoms with Crippen molar-refractivity contribution in [2.45, 2.75) is 26.2 Å². The highest BCUT2D eigenvalue weighted by molar-refractivity contribution is 5.94. The molecule has 1 N–H and O–H groups in total. The van der Waals surface area contributed by atoms with Crippen LogP contribution in [0.2, 0.25) is 0 Å². The number of carbonyl (C=O) groups is 1. The number of likely N-dealkylation sites (tertiary alicyclic amines) is 1. The second-order valence-electron chi connectivity index (χ2n) is 6.94. The van der Waals surface area contributed by atoms with Crippen LogP contribution >= 0.6 is 0 Å². The highest BCUT2D eigenvalue weighted by Gasteiger charge is 2.23. The Bertz CT molecular complexity index is 915. The zero-order chi connectivity index (χ0) is 18.6. The van der Waals surface area contributed by atoms with Gasteiger partial charge in [-0.15, -0.1) is 0 Å². The summed E-state index contributed by atoms with van der Waals surface area (Å²) in [4.78, 5) is 23.2. The summed E-state index contributed by atoms with van der Waals surface area (Å²) in [7, 11) is 0. The van der Waals surface area contributed by atoms with Crippen LogP contribution in [0.1, 0.15) is 35.8 Å². The van der Waals surface area contributed by atoms with Crippen molar-refractivity contribution in [2.24, 2.45) is 5.92 Å². The maximum absolute atomic E-state index is 12.6. The number of rotatable bonds is 5. The summed E-state index contributed by atoms with van der Waals surface area (Å²) in [5.74, 6) is 2.21. The largest absolute Gasteiger partial charge is 0.370 e.